The molecular formula is C30H40N6O4. The molecule has 3 fully saturated rings. The second-order valence-corrected chi connectivity index (χ2v) is 11.4. The first-order valence-corrected chi connectivity index (χ1v) is 14.8. The number of amides is 1. The number of benzene rings is 1. The molecule has 3 saturated heterocycles. The van der Waals surface area contributed by atoms with Crippen molar-refractivity contribution >= 4 is 16.9 Å². The number of rotatable bonds is 7. The summed E-state index contributed by atoms with van der Waals surface area (Å²) >= 11 is 0. The van der Waals surface area contributed by atoms with Gasteiger partial charge in [0.1, 0.15) is 0 Å². The Morgan fingerprint density at radius 2 is 1.57 bits per heavy atom. The molecule has 0 saturated carbocycles. The second kappa shape index (κ2) is 12.1. The van der Waals surface area contributed by atoms with Crippen molar-refractivity contribution in [3.63, 3.8) is 0 Å². The van der Waals surface area contributed by atoms with Crippen LogP contribution < -0.4 is 11.2 Å². The fourth-order valence-electron chi connectivity index (χ4n) is 6.65. The first kappa shape index (κ1) is 27.0. The summed E-state index contributed by atoms with van der Waals surface area (Å²) in [4.78, 5) is 48.0. The molecule has 0 radical (unpaired) electrons. The molecule has 214 valence electrons. The van der Waals surface area contributed by atoms with Gasteiger partial charge in [-0.05, 0) is 62.5 Å². The number of piperidine rings is 2. The largest absolute Gasteiger partial charge is 0.379 e. The van der Waals surface area contributed by atoms with E-state index < -0.39 is 0 Å². The topological polar surface area (TPSA) is 95.8 Å². The van der Waals surface area contributed by atoms with Gasteiger partial charge in [0, 0.05) is 70.0 Å². The number of hydrogen-bond acceptors (Lipinski definition) is 6. The molecular weight excluding hydrogens is 508 g/mol. The minimum absolute atomic E-state index is 0.0526. The van der Waals surface area contributed by atoms with Gasteiger partial charge in [-0.25, -0.2) is 4.79 Å². The Labute approximate surface area is 234 Å². The molecule has 10 heteroatoms. The van der Waals surface area contributed by atoms with E-state index in [0.717, 1.165) is 94.8 Å². The zero-order valence-electron chi connectivity index (χ0n) is 23.2. The van der Waals surface area contributed by atoms with Crippen LogP contribution in [-0.4, -0.2) is 93.8 Å². The van der Waals surface area contributed by atoms with Gasteiger partial charge < -0.3 is 14.6 Å². The Hall–Kier alpha value is -3.21. The van der Waals surface area contributed by atoms with Gasteiger partial charge in [0.2, 0.25) is 11.5 Å². The fraction of sp³-hybridized carbons (Fsp3) is 0.567. The molecule has 1 aromatic carbocycles. The first-order valence-electron chi connectivity index (χ1n) is 14.8. The van der Waals surface area contributed by atoms with Crippen molar-refractivity contribution in [1.29, 1.82) is 0 Å². The van der Waals surface area contributed by atoms with E-state index >= 15 is 0 Å². The van der Waals surface area contributed by atoms with Gasteiger partial charge in [0.15, 0.2) is 0 Å². The lowest BCUT2D eigenvalue weighted by molar-refractivity contribution is -0.138. The standard InChI is InChI=1S/C30H40N6O4/c37-28-21-23(5-10-31-28)22-33-11-6-24(7-12-33)29(38)34-13-8-25(9-14-34)36-27-4-2-1-3-26(27)35(30(36)39)16-15-32-17-19-40-20-18-32/h1-5,10,21,24-25H,6-9,11-20,22H2,(H,31,37). The highest BCUT2D eigenvalue weighted by Gasteiger charge is 2.32. The Morgan fingerprint density at radius 3 is 2.30 bits per heavy atom. The van der Waals surface area contributed by atoms with E-state index in [4.69, 9.17) is 4.74 Å². The van der Waals surface area contributed by atoms with Crippen molar-refractivity contribution in [1.82, 2.24) is 28.8 Å². The zero-order chi connectivity index (χ0) is 27.5. The van der Waals surface area contributed by atoms with Crippen molar-refractivity contribution in [2.75, 3.05) is 59.0 Å². The molecule has 0 spiro atoms. The number of likely N-dealkylation sites (tertiary alicyclic amines) is 2. The predicted octanol–water partition coefficient (Wildman–Crippen LogP) is 1.90. The summed E-state index contributed by atoms with van der Waals surface area (Å²) in [6.45, 7) is 8.68. The lowest BCUT2D eigenvalue weighted by Gasteiger charge is -2.37. The molecule has 5 heterocycles. The maximum absolute atomic E-state index is 13.7. The van der Waals surface area contributed by atoms with E-state index in [1.807, 2.05) is 38.3 Å². The molecule has 1 amide bonds. The van der Waals surface area contributed by atoms with Gasteiger partial charge in [-0.2, -0.15) is 0 Å². The summed E-state index contributed by atoms with van der Waals surface area (Å²) in [5.74, 6) is 0.311. The summed E-state index contributed by atoms with van der Waals surface area (Å²) in [5, 5.41) is 0. The highest BCUT2D eigenvalue weighted by molar-refractivity contribution is 5.79. The van der Waals surface area contributed by atoms with Crippen molar-refractivity contribution < 1.29 is 9.53 Å². The molecule has 0 atom stereocenters. The molecule has 1 N–H and O–H groups in total. The number of ether oxygens (including phenoxy) is 1. The number of carbonyl (C=O) groups is 1. The molecule has 0 bridgehead atoms. The number of nitrogens with zero attached hydrogens (tertiary/aromatic N) is 5. The van der Waals surface area contributed by atoms with Gasteiger partial charge in [0.25, 0.3) is 0 Å². The number of morpholine rings is 1. The number of carbonyl (C=O) groups excluding carboxylic acids is 1. The number of hydrogen-bond donors (Lipinski definition) is 1. The number of aromatic nitrogens is 3. The van der Waals surface area contributed by atoms with Crippen LogP contribution in [0.15, 0.2) is 52.2 Å². The van der Waals surface area contributed by atoms with Crippen molar-refractivity contribution in [2.45, 2.75) is 44.8 Å². The van der Waals surface area contributed by atoms with Crippen LogP contribution in [0.4, 0.5) is 0 Å². The smallest absolute Gasteiger partial charge is 0.329 e. The maximum Gasteiger partial charge on any atom is 0.329 e. The highest BCUT2D eigenvalue weighted by Crippen LogP contribution is 2.28. The zero-order valence-corrected chi connectivity index (χ0v) is 23.2. The summed E-state index contributed by atoms with van der Waals surface area (Å²) in [7, 11) is 0. The lowest BCUT2D eigenvalue weighted by Crippen LogP contribution is -2.46. The minimum Gasteiger partial charge on any atom is -0.379 e. The summed E-state index contributed by atoms with van der Waals surface area (Å²) < 4.78 is 9.39. The average Bonchev–Trinajstić information content (AvgIpc) is 3.27. The molecule has 6 rings (SSSR count). The highest BCUT2D eigenvalue weighted by atomic mass is 16.5. The van der Waals surface area contributed by atoms with Crippen LogP contribution in [-0.2, 0) is 22.6 Å². The number of imidazole rings is 1. The van der Waals surface area contributed by atoms with Crippen LogP contribution in [0, 0.1) is 5.92 Å². The van der Waals surface area contributed by atoms with Gasteiger partial charge in [-0.3, -0.25) is 28.5 Å². The monoisotopic (exact) mass is 548 g/mol. The number of nitrogens with one attached hydrogen (secondary N) is 1. The summed E-state index contributed by atoms with van der Waals surface area (Å²) in [6, 6.07) is 11.8. The van der Waals surface area contributed by atoms with Gasteiger partial charge >= 0.3 is 5.69 Å². The molecule has 0 aliphatic carbocycles. The predicted molar refractivity (Wildman–Crippen MR) is 153 cm³/mol. The van der Waals surface area contributed by atoms with E-state index in [2.05, 4.69) is 20.9 Å². The SMILES string of the molecule is O=C(C1CCN(Cc2cc[nH]c(=O)c2)CC1)N1CCC(n2c(=O)n(CCN3CCOCC3)c3ccccc32)CC1. The van der Waals surface area contributed by atoms with Crippen LogP contribution in [0.1, 0.15) is 37.3 Å². The van der Waals surface area contributed by atoms with Crippen molar-refractivity contribution in [3.05, 3.63) is 69.0 Å². The molecule has 3 aliphatic heterocycles. The second-order valence-electron chi connectivity index (χ2n) is 11.4. The normalized spacial score (nSPS) is 20.4. The number of para-hydroxylation sites is 2. The van der Waals surface area contributed by atoms with Gasteiger partial charge in [-0.1, -0.05) is 12.1 Å². The average molecular weight is 549 g/mol. The van der Waals surface area contributed by atoms with E-state index in [0.29, 0.717) is 19.6 Å². The molecule has 2 aromatic heterocycles. The van der Waals surface area contributed by atoms with Crippen LogP contribution in [0.25, 0.3) is 11.0 Å². The van der Waals surface area contributed by atoms with Crippen LogP contribution in [0.3, 0.4) is 0 Å². The van der Waals surface area contributed by atoms with E-state index in [-0.39, 0.29) is 29.1 Å². The van der Waals surface area contributed by atoms with Crippen LogP contribution in [0.2, 0.25) is 0 Å². The Balaban J connectivity index is 1.06. The van der Waals surface area contributed by atoms with Crippen molar-refractivity contribution in [2.24, 2.45) is 5.92 Å². The summed E-state index contributed by atoms with van der Waals surface area (Å²) in [5.41, 5.74) is 2.98. The molecule has 3 aromatic rings. The van der Waals surface area contributed by atoms with E-state index in [1.165, 1.54) is 0 Å². The third kappa shape index (κ3) is 5.80. The first-order chi connectivity index (χ1) is 19.6. The number of pyridine rings is 1. The van der Waals surface area contributed by atoms with Gasteiger partial charge in [-0.15, -0.1) is 0 Å². The number of fused-ring (bicyclic) bond motifs is 1. The maximum atomic E-state index is 13.7. The molecule has 40 heavy (non-hydrogen) atoms. The third-order valence-electron chi connectivity index (χ3n) is 8.94. The lowest BCUT2D eigenvalue weighted by atomic mass is 9.93. The Morgan fingerprint density at radius 1 is 0.850 bits per heavy atom. The summed E-state index contributed by atoms with van der Waals surface area (Å²) in [6.07, 6.45) is 4.97. The quantitative estimate of drug-likeness (QED) is 0.485. The van der Waals surface area contributed by atoms with E-state index in [9.17, 15) is 14.4 Å². The fourth-order valence-corrected chi connectivity index (χ4v) is 6.65. The molecule has 10 nitrogen and oxygen atoms in total. The number of H-pyrrole nitrogens is 1. The third-order valence-corrected chi connectivity index (χ3v) is 8.94. The van der Waals surface area contributed by atoms with Gasteiger partial charge in [0.05, 0.1) is 24.2 Å². The number of aromatic amines is 1. The minimum atomic E-state index is -0.0780. The van der Waals surface area contributed by atoms with E-state index in [1.54, 1.807) is 12.3 Å². The molecule has 3 aliphatic rings. The van der Waals surface area contributed by atoms with Crippen LogP contribution in [0.5, 0.6) is 0 Å². The molecule has 0 unspecified atom stereocenters. The van der Waals surface area contributed by atoms with Crippen molar-refractivity contribution in [3.8, 4) is 0 Å². The Bertz CT molecular complexity index is 1420. The van der Waals surface area contributed by atoms with Crippen LogP contribution >= 0.6 is 0 Å². The Kier molecular flexibility index (Phi) is 8.17.